The SMILES string of the molecule is O=C1CC(c2ccc(F)cc2)CC2=Nc3ccccc3NC(c3cccc([N+](=O)[O-])c3)C12. The number of hydrogen-bond acceptors (Lipinski definition) is 5. The van der Waals surface area contributed by atoms with Gasteiger partial charge in [-0.05, 0) is 47.7 Å². The third-order valence-corrected chi connectivity index (χ3v) is 6.20. The molecule has 0 radical (unpaired) electrons. The van der Waals surface area contributed by atoms with E-state index < -0.39 is 16.9 Å². The molecule has 3 unspecified atom stereocenters. The molecule has 1 N–H and O–H groups in total. The summed E-state index contributed by atoms with van der Waals surface area (Å²) in [6, 6.07) is 19.7. The number of carbonyl (C=O) groups is 1. The van der Waals surface area contributed by atoms with Crippen LogP contribution in [0.3, 0.4) is 0 Å². The number of para-hydroxylation sites is 2. The lowest BCUT2D eigenvalue weighted by atomic mass is 9.72. The highest BCUT2D eigenvalue weighted by molar-refractivity contribution is 6.10. The van der Waals surface area contributed by atoms with Crippen molar-refractivity contribution >= 4 is 28.6 Å². The van der Waals surface area contributed by atoms with E-state index in [2.05, 4.69) is 5.32 Å². The van der Waals surface area contributed by atoms with Crippen molar-refractivity contribution in [2.24, 2.45) is 10.9 Å². The highest BCUT2D eigenvalue weighted by Gasteiger charge is 2.41. The van der Waals surface area contributed by atoms with Crippen LogP contribution in [0.25, 0.3) is 0 Å². The molecule has 2 aliphatic rings. The Morgan fingerprint density at radius 2 is 1.75 bits per heavy atom. The number of hydrogen-bond donors (Lipinski definition) is 1. The van der Waals surface area contributed by atoms with E-state index in [9.17, 15) is 19.3 Å². The maximum absolute atomic E-state index is 13.5. The molecule has 0 aromatic heterocycles. The van der Waals surface area contributed by atoms with E-state index in [1.54, 1.807) is 24.3 Å². The molecular weight excluding hydrogens is 409 g/mol. The average molecular weight is 429 g/mol. The van der Waals surface area contributed by atoms with E-state index >= 15 is 0 Å². The molecular formula is C25H20FN3O3. The predicted octanol–water partition coefficient (Wildman–Crippen LogP) is 5.74. The van der Waals surface area contributed by atoms with Crippen molar-refractivity contribution in [3.05, 3.63) is 99.9 Å². The van der Waals surface area contributed by atoms with Crippen LogP contribution in [-0.2, 0) is 4.79 Å². The lowest BCUT2D eigenvalue weighted by Gasteiger charge is -2.34. The molecule has 6 nitrogen and oxygen atoms in total. The Morgan fingerprint density at radius 3 is 2.53 bits per heavy atom. The van der Waals surface area contributed by atoms with E-state index in [0.29, 0.717) is 18.4 Å². The van der Waals surface area contributed by atoms with Gasteiger partial charge in [-0.2, -0.15) is 0 Å². The first-order valence-corrected chi connectivity index (χ1v) is 10.4. The smallest absolute Gasteiger partial charge is 0.269 e. The number of nitro groups is 1. The summed E-state index contributed by atoms with van der Waals surface area (Å²) in [6.07, 6.45) is 0.863. The second kappa shape index (κ2) is 8.00. The number of ketones is 1. The molecule has 1 aliphatic heterocycles. The number of non-ortho nitro benzene ring substituents is 1. The van der Waals surface area contributed by atoms with Crippen molar-refractivity contribution in [2.75, 3.05) is 5.32 Å². The zero-order valence-corrected chi connectivity index (χ0v) is 17.1. The predicted molar refractivity (Wildman–Crippen MR) is 120 cm³/mol. The first kappa shape index (κ1) is 20.1. The van der Waals surface area contributed by atoms with Gasteiger partial charge in [0.2, 0.25) is 0 Å². The zero-order valence-electron chi connectivity index (χ0n) is 17.1. The van der Waals surface area contributed by atoms with Crippen LogP contribution in [0.5, 0.6) is 0 Å². The van der Waals surface area contributed by atoms with E-state index in [-0.39, 0.29) is 23.2 Å². The largest absolute Gasteiger partial charge is 0.375 e. The molecule has 0 bridgehead atoms. The molecule has 3 aromatic rings. The van der Waals surface area contributed by atoms with Gasteiger partial charge in [-0.3, -0.25) is 19.9 Å². The number of anilines is 1. The third-order valence-electron chi connectivity index (χ3n) is 6.20. The van der Waals surface area contributed by atoms with Crippen molar-refractivity contribution in [1.82, 2.24) is 0 Å². The quantitative estimate of drug-likeness (QED) is 0.425. The first-order valence-electron chi connectivity index (χ1n) is 10.4. The fourth-order valence-electron chi connectivity index (χ4n) is 4.68. The molecule has 0 saturated heterocycles. The summed E-state index contributed by atoms with van der Waals surface area (Å²) in [6.45, 7) is 0. The van der Waals surface area contributed by atoms with Gasteiger partial charge in [0, 0.05) is 24.3 Å². The number of fused-ring (bicyclic) bond motifs is 2. The third kappa shape index (κ3) is 3.66. The molecule has 0 amide bonds. The number of benzene rings is 3. The van der Waals surface area contributed by atoms with Crippen LogP contribution in [-0.4, -0.2) is 16.4 Å². The van der Waals surface area contributed by atoms with Crippen LogP contribution in [0.2, 0.25) is 0 Å². The Kier molecular flexibility index (Phi) is 5.01. The van der Waals surface area contributed by atoms with Gasteiger partial charge in [0.1, 0.15) is 11.6 Å². The molecule has 0 spiro atoms. The van der Waals surface area contributed by atoms with Crippen molar-refractivity contribution in [2.45, 2.75) is 24.8 Å². The standard InChI is InChI=1S/C25H20FN3O3/c26-18-10-8-15(9-11-18)17-13-22-24(23(30)14-17)25(16-4-3-5-19(12-16)29(31)32)28-21-7-2-1-6-20(21)27-22/h1-12,17,24-25,28H,13-14H2. The molecule has 7 heteroatoms. The van der Waals surface area contributed by atoms with Gasteiger partial charge in [0.15, 0.2) is 0 Å². The fraction of sp³-hybridized carbons (Fsp3) is 0.200. The number of halogens is 1. The number of nitrogens with one attached hydrogen (secondary N) is 1. The Morgan fingerprint density at radius 1 is 0.969 bits per heavy atom. The number of carbonyl (C=O) groups excluding carboxylic acids is 1. The Labute approximate surface area is 184 Å². The fourth-order valence-corrected chi connectivity index (χ4v) is 4.68. The number of nitrogens with zero attached hydrogens (tertiary/aromatic N) is 2. The summed E-state index contributed by atoms with van der Waals surface area (Å²) in [4.78, 5) is 29.2. The Hall–Kier alpha value is -3.87. The van der Waals surface area contributed by atoms with E-state index in [0.717, 1.165) is 22.6 Å². The van der Waals surface area contributed by atoms with Gasteiger partial charge < -0.3 is 5.32 Å². The van der Waals surface area contributed by atoms with Crippen LogP contribution in [0, 0.1) is 21.8 Å². The molecule has 5 rings (SSSR count). The van der Waals surface area contributed by atoms with E-state index in [1.165, 1.54) is 24.3 Å². The van der Waals surface area contributed by atoms with Gasteiger partial charge >= 0.3 is 0 Å². The summed E-state index contributed by atoms with van der Waals surface area (Å²) in [5.74, 6) is -0.930. The second-order valence-electron chi connectivity index (χ2n) is 8.20. The van der Waals surface area contributed by atoms with E-state index in [4.69, 9.17) is 4.99 Å². The highest BCUT2D eigenvalue weighted by atomic mass is 19.1. The summed E-state index contributed by atoms with van der Waals surface area (Å²) >= 11 is 0. The molecule has 3 atom stereocenters. The van der Waals surface area contributed by atoms with Crippen LogP contribution < -0.4 is 5.32 Å². The number of nitro benzene ring substituents is 1. The highest BCUT2D eigenvalue weighted by Crippen LogP contribution is 2.44. The second-order valence-corrected chi connectivity index (χ2v) is 8.20. The number of Topliss-reactive ketones (excluding diaryl/α,β-unsaturated/α-hetero) is 1. The summed E-state index contributed by atoms with van der Waals surface area (Å²) in [5.41, 5.74) is 3.79. The maximum Gasteiger partial charge on any atom is 0.269 e. The number of aliphatic imine (C=N–C) groups is 1. The molecule has 32 heavy (non-hydrogen) atoms. The maximum atomic E-state index is 13.5. The average Bonchev–Trinajstić information content (AvgIpc) is 2.96. The molecule has 1 heterocycles. The van der Waals surface area contributed by atoms with Crippen LogP contribution in [0.1, 0.15) is 35.9 Å². The molecule has 1 saturated carbocycles. The van der Waals surface area contributed by atoms with Gasteiger partial charge in [0.25, 0.3) is 5.69 Å². The van der Waals surface area contributed by atoms with E-state index in [1.807, 2.05) is 24.3 Å². The van der Waals surface area contributed by atoms with Gasteiger partial charge in [0.05, 0.1) is 28.3 Å². The minimum absolute atomic E-state index is 0.0149. The topological polar surface area (TPSA) is 84.6 Å². The summed E-state index contributed by atoms with van der Waals surface area (Å²) < 4.78 is 13.4. The lowest BCUT2D eigenvalue weighted by molar-refractivity contribution is -0.384. The first-order chi connectivity index (χ1) is 15.5. The zero-order chi connectivity index (χ0) is 22.2. The normalized spacial score (nSPS) is 22.1. The molecule has 1 fully saturated rings. The Bertz CT molecular complexity index is 1240. The van der Waals surface area contributed by atoms with Crippen LogP contribution in [0.15, 0.2) is 77.8 Å². The van der Waals surface area contributed by atoms with Gasteiger partial charge in [-0.25, -0.2) is 4.39 Å². The minimum atomic E-state index is -0.541. The monoisotopic (exact) mass is 429 g/mol. The lowest BCUT2D eigenvalue weighted by Crippen LogP contribution is -2.38. The van der Waals surface area contributed by atoms with Crippen LogP contribution in [0.4, 0.5) is 21.5 Å². The summed E-state index contributed by atoms with van der Waals surface area (Å²) in [5, 5.41) is 14.8. The molecule has 160 valence electrons. The van der Waals surface area contributed by atoms with Gasteiger partial charge in [-0.15, -0.1) is 0 Å². The molecule has 3 aromatic carbocycles. The van der Waals surface area contributed by atoms with Crippen molar-refractivity contribution < 1.29 is 14.1 Å². The molecule has 1 aliphatic carbocycles. The minimum Gasteiger partial charge on any atom is -0.375 e. The van der Waals surface area contributed by atoms with Crippen molar-refractivity contribution in [3.63, 3.8) is 0 Å². The summed E-state index contributed by atoms with van der Waals surface area (Å²) in [7, 11) is 0. The van der Waals surface area contributed by atoms with Crippen molar-refractivity contribution in [3.8, 4) is 0 Å². The van der Waals surface area contributed by atoms with Crippen LogP contribution >= 0.6 is 0 Å². The van der Waals surface area contributed by atoms with Crippen molar-refractivity contribution in [1.29, 1.82) is 0 Å². The number of rotatable bonds is 3. The Balaban J connectivity index is 1.59. The van der Waals surface area contributed by atoms with Gasteiger partial charge in [-0.1, -0.05) is 36.4 Å².